The largest absolute Gasteiger partial charge is 0.300 e. The molecule has 0 aliphatic rings. The van der Waals surface area contributed by atoms with Crippen LogP contribution in [0.4, 0.5) is 0 Å². The van der Waals surface area contributed by atoms with Crippen molar-refractivity contribution in [3.8, 4) is 11.3 Å². The van der Waals surface area contributed by atoms with Gasteiger partial charge in [0.1, 0.15) is 0 Å². The highest BCUT2D eigenvalue weighted by Crippen LogP contribution is 2.15. The Morgan fingerprint density at radius 1 is 1.00 bits per heavy atom. The minimum Gasteiger partial charge on any atom is -0.266 e. The van der Waals surface area contributed by atoms with Crippen molar-refractivity contribution in [1.82, 2.24) is 14.6 Å². The Bertz CT molecular complexity index is 1270. The van der Waals surface area contributed by atoms with E-state index in [-0.39, 0.29) is 11.3 Å². The summed E-state index contributed by atoms with van der Waals surface area (Å²) in [4.78, 5) is 29.4. The van der Waals surface area contributed by atoms with Gasteiger partial charge in [-0.3, -0.25) is 9.59 Å². The number of nitrogens with zero attached hydrogens (tertiary/aromatic N) is 3. The van der Waals surface area contributed by atoms with Crippen molar-refractivity contribution < 1.29 is 0 Å². The molecule has 4 aromatic rings. The highest BCUT2D eigenvalue weighted by atomic mass is 32.1. The molecule has 2 aromatic heterocycles. The number of rotatable bonds is 3. The topological polar surface area (TPSA) is 64.3 Å². The summed E-state index contributed by atoms with van der Waals surface area (Å²) in [5.74, 6) is 0.453. The Morgan fingerprint density at radius 2 is 1.70 bits per heavy atom. The van der Waals surface area contributed by atoms with Crippen LogP contribution >= 0.6 is 11.3 Å². The average molecular weight is 375 g/mol. The molecule has 2 aromatic carbocycles. The maximum Gasteiger partial charge on any atom is 0.300 e. The highest BCUT2D eigenvalue weighted by molar-refractivity contribution is 7.15. The smallest absolute Gasteiger partial charge is 0.266 e. The van der Waals surface area contributed by atoms with Crippen molar-refractivity contribution in [1.29, 1.82) is 0 Å². The third-order valence-electron chi connectivity index (χ3n) is 4.33. The molecule has 4 rings (SSSR count). The molecule has 0 aliphatic heterocycles. The van der Waals surface area contributed by atoms with Crippen molar-refractivity contribution in [2.45, 2.75) is 19.8 Å². The number of thiazole rings is 1. The van der Waals surface area contributed by atoms with Crippen LogP contribution in [0.3, 0.4) is 0 Å². The molecule has 0 aliphatic carbocycles. The molecule has 0 bridgehead atoms. The minimum atomic E-state index is -0.435. The molecule has 134 valence electrons. The Morgan fingerprint density at radius 3 is 2.37 bits per heavy atom. The zero-order valence-electron chi connectivity index (χ0n) is 14.9. The first kappa shape index (κ1) is 17.3. The zero-order chi connectivity index (χ0) is 19.0. The van der Waals surface area contributed by atoms with E-state index in [1.807, 2.05) is 30.3 Å². The van der Waals surface area contributed by atoms with Crippen LogP contribution in [0, 0.1) is 0 Å². The summed E-state index contributed by atoms with van der Waals surface area (Å²) in [6, 6.07) is 17.1. The lowest BCUT2D eigenvalue weighted by Gasteiger charge is -2.04. The Kier molecular flexibility index (Phi) is 4.41. The predicted molar refractivity (Wildman–Crippen MR) is 108 cm³/mol. The number of benzene rings is 2. The zero-order valence-corrected chi connectivity index (χ0v) is 15.7. The summed E-state index contributed by atoms with van der Waals surface area (Å²) < 4.78 is 1.71. The standard InChI is InChI=1S/C21H17N3O2S/c1-13(2)15-10-8-14(9-11-15)12-17-20(26)24-21(27-17)22-19(25)18(23-24)16-6-4-3-5-7-16/h3-13H,1-2H3/b17-12-. The molecule has 0 saturated heterocycles. The molecular weight excluding hydrogens is 358 g/mol. The highest BCUT2D eigenvalue weighted by Gasteiger charge is 2.12. The van der Waals surface area contributed by atoms with Gasteiger partial charge >= 0.3 is 5.56 Å². The van der Waals surface area contributed by atoms with Crippen molar-refractivity contribution in [3.05, 3.63) is 91.0 Å². The third-order valence-corrected chi connectivity index (χ3v) is 5.29. The molecule has 2 heterocycles. The molecule has 6 heteroatoms. The van der Waals surface area contributed by atoms with E-state index in [1.54, 1.807) is 18.2 Å². The second-order valence-corrected chi connectivity index (χ2v) is 7.57. The summed E-state index contributed by atoms with van der Waals surface area (Å²) in [6.45, 7) is 4.28. The van der Waals surface area contributed by atoms with Crippen LogP contribution in [0.1, 0.15) is 30.9 Å². The van der Waals surface area contributed by atoms with E-state index >= 15 is 0 Å². The van der Waals surface area contributed by atoms with Gasteiger partial charge in [0.15, 0.2) is 5.69 Å². The molecule has 0 spiro atoms. The summed E-state index contributed by atoms with van der Waals surface area (Å²) in [6.07, 6.45) is 1.81. The van der Waals surface area contributed by atoms with Gasteiger partial charge < -0.3 is 0 Å². The van der Waals surface area contributed by atoms with Crippen LogP contribution in [0.25, 0.3) is 22.3 Å². The molecule has 0 N–H and O–H groups in total. The Labute approximate surface area is 159 Å². The van der Waals surface area contributed by atoms with Gasteiger partial charge in [0.2, 0.25) is 4.96 Å². The number of hydrogen-bond acceptors (Lipinski definition) is 5. The fourth-order valence-corrected chi connectivity index (χ4v) is 3.72. The van der Waals surface area contributed by atoms with Gasteiger partial charge in [-0.25, -0.2) is 0 Å². The molecule has 5 nitrogen and oxygen atoms in total. The average Bonchev–Trinajstić information content (AvgIpc) is 2.97. The quantitative estimate of drug-likeness (QED) is 0.552. The normalized spacial score (nSPS) is 12.2. The molecule has 0 radical (unpaired) electrons. The fraction of sp³-hybridized carbons (Fsp3) is 0.143. The second-order valence-electron chi connectivity index (χ2n) is 6.56. The molecule has 0 fully saturated rings. The van der Waals surface area contributed by atoms with Gasteiger partial charge in [-0.05, 0) is 23.1 Å². The summed E-state index contributed by atoms with van der Waals surface area (Å²) in [5.41, 5.74) is 2.28. The summed E-state index contributed by atoms with van der Waals surface area (Å²) in [5, 5.41) is 4.26. The number of aromatic nitrogens is 3. The SMILES string of the molecule is CC(C)c1ccc(/C=c2\sc3nc(=O)c(-c4ccccc4)nn3c2=O)cc1. The van der Waals surface area contributed by atoms with Crippen LogP contribution in [-0.4, -0.2) is 14.6 Å². The van der Waals surface area contributed by atoms with Crippen LogP contribution in [0.15, 0.2) is 64.2 Å². The van der Waals surface area contributed by atoms with Gasteiger partial charge in [0.05, 0.1) is 4.53 Å². The third kappa shape index (κ3) is 3.31. The minimum absolute atomic E-state index is 0.177. The Hall–Kier alpha value is -3.12. The van der Waals surface area contributed by atoms with Gasteiger partial charge in [-0.2, -0.15) is 14.6 Å². The van der Waals surface area contributed by atoms with Crippen LogP contribution < -0.4 is 15.7 Å². The van der Waals surface area contributed by atoms with Crippen molar-refractivity contribution in [2.75, 3.05) is 0 Å². The molecule has 0 amide bonds. The molecule has 27 heavy (non-hydrogen) atoms. The van der Waals surface area contributed by atoms with Crippen molar-refractivity contribution >= 4 is 22.4 Å². The van der Waals surface area contributed by atoms with E-state index in [1.165, 1.54) is 21.4 Å². The molecule has 0 unspecified atom stereocenters. The first-order valence-electron chi connectivity index (χ1n) is 8.64. The Balaban J connectivity index is 1.85. The van der Waals surface area contributed by atoms with E-state index in [0.717, 1.165) is 5.56 Å². The lowest BCUT2D eigenvalue weighted by atomic mass is 10.0. The molecule has 0 saturated carbocycles. The predicted octanol–water partition coefficient (Wildman–Crippen LogP) is 2.85. The number of hydrogen-bond donors (Lipinski definition) is 0. The van der Waals surface area contributed by atoms with Crippen LogP contribution in [-0.2, 0) is 0 Å². The van der Waals surface area contributed by atoms with Crippen LogP contribution in [0.5, 0.6) is 0 Å². The lowest BCUT2D eigenvalue weighted by Crippen LogP contribution is -2.26. The van der Waals surface area contributed by atoms with Gasteiger partial charge in [-0.15, -0.1) is 0 Å². The number of fused-ring (bicyclic) bond motifs is 1. The fourth-order valence-electron chi connectivity index (χ4n) is 2.81. The first-order valence-corrected chi connectivity index (χ1v) is 9.45. The van der Waals surface area contributed by atoms with Gasteiger partial charge in [0, 0.05) is 5.56 Å². The monoisotopic (exact) mass is 375 g/mol. The lowest BCUT2D eigenvalue weighted by molar-refractivity contribution is 0.866. The van der Waals surface area contributed by atoms with Crippen molar-refractivity contribution in [2.24, 2.45) is 0 Å². The van der Waals surface area contributed by atoms with Crippen LogP contribution in [0.2, 0.25) is 0 Å². The maximum atomic E-state index is 12.7. The van der Waals surface area contributed by atoms with E-state index in [9.17, 15) is 9.59 Å². The van der Waals surface area contributed by atoms with E-state index < -0.39 is 5.56 Å². The van der Waals surface area contributed by atoms with E-state index in [4.69, 9.17) is 0 Å². The molecule has 0 atom stereocenters. The summed E-state index contributed by atoms with van der Waals surface area (Å²) >= 11 is 1.17. The van der Waals surface area contributed by atoms with Gasteiger partial charge in [-0.1, -0.05) is 79.8 Å². The van der Waals surface area contributed by atoms with Gasteiger partial charge in [0.25, 0.3) is 5.56 Å². The van der Waals surface area contributed by atoms with E-state index in [2.05, 4.69) is 36.1 Å². The molecular formula is C21H17N3O2S. The first-order chi connectivity index (χ1) is 13.0. The van der Waals surface area contributed by atoms with Crippen molar-refractivity contribution in [3.63, 3.8) is 0 Å². The summed E-state index contributed by atoms with van der Waals surface area (Å²) in [7, 11) is 0. The second kappa shape index (κ2) is 6.89. The van der Waals surface area contributed by atoms with E-state index in [0.29, 0.717) is 21.0 Å². The maximum absolute atomic E-state index is 12.7.